The summed E-state index contributed by atoms with van der Waals surface area (Å²) < 4.78 is 0. The number of aryl methyl sites for hydroxylation is 1. The highest BCUT2D eigenvalue weighted by atomic mass is 16.2. The van der Waals surface area contributed by atoms with Crippen molar-refractivity contribution in [3.8, 4) is 0 Å². The number of carbonyl (C=O) groups excluding carboxylic acids is 3. The number of aromatic nitrogens is 1. The van der Waals surface area contributed by atoms with Crippen LogP contribution in [0.25, 0.3) is 10.9 Å². The summed E-state index contributed by atoms with van der Waals surface area (Å²) in [5.41, 5.74) is 3.12. The van der Waals surface area contributed by atoms with Crippen molar-refractivity contribution >= 4 is 40.0 Å². The van der Waals surface area contributed by atoms with Gasteiger partial charge in [-0.15, -0.1) is 0 Å². The summed E-state index contributed by atoms with van der Waals surface area (Å²) in [6.45, 7) is 2.26. The van der Waals surface area contributed by atoms with Crippen molar-refractivity contribution in [2.45, 2.75) is 31.8 Å². The van der Waals surface area contributed by atoms with Crippen LogP contribution >= 0.6 is 0 Å². The van der Waals surface area contributed by atoms with Crippen LogP contribution in [0.1, 0.15) is 35.3 Å². The first-order chi connectivity index (χ1) is 15.9. The minimum Gasteiger partial charge on any atom is -0.362 e. The molecule has 2 aliphatic heterocycles. The van der Waals surface area contributed by atoms with Gasteiger partial charge in [-0.25, -0.2) is 0 Å². The fraction of sp³-hybridized carbons (Fsp3) is 0.280. The fourth-order valence-electron chi connectivity index (χ4n) is 4.51. The first-order valence-corrected chi connectivity index (χ1v) is 11.1. The molecule has 168 valence electrons. The Hall–Kier alpha value is -3.94. The van der Waals surface area contributed by atoms with Crippen molar-refractivity contribution in [2.75, 3.05) is 23.7 Å². The number of carbonyl (C=O) groups is 3. The Kier molecular flexibility index (Phi) is 5.20. The maximum atomic E-state index is 12.8. The van der Waals surface area contributed by atoms with Gasteiger partial charge in [-0.1, -0.05) is 18.2 Å². The normalized spacial score (nSPS) is 20.1. The fourth-order valence-corrected chi connectivity index (χ4v) is 4.51. The van der Waals surface area contributed by atoms with Crippen LogP contribution in [0.3, 0.4) is 0 Å². The second-order valence-electron chi connectivity index (χ2n) is 8.68. The van der Waals surface area contributed by atoms with Gasteiger partial charge in [0.15, 0.2) is 0 Å². The predicted octanol–water partition coefficient (Wildman–Crippen LogP) is 3.05. The van der Waals surface area contributed by atoms with E-state index < -0.39 is 5.66 Å². The SMILES string of the molecule is Cc1ccc2cc(NC(=O)CN3CC[C@@]4(CCC3=O)NC(=O)c3ccccc3N4)ccc2n1. The number of benzene rings is 2. The number of nitrogens with zero attached hydrogens (tertiary/aromatic N) is 2. The van der Waals surface area contributed by atoms with E-state index in [4.69, 9.17) is 0 Å². The zero-order valence-corrected chi connectivity index (χ0v) is 18.4. The van der Waals surface area contributed by atoms with Gasteiger partial charge in [0.1, 0.15) is 5.66 Å². The smallest absolute Gasteiger partial charge is 0.255 e. The summed E-state index contributed by atoms with van der Waals surface area (Å²) in [5, 5.41) is 10.3. The van der Waals surface area contributed by atoms with Crippen molar-refractivity contribution in [3.05, 3.63) is 65.9 Å². The van der Waals surface area contributed by atoms with Gasteiger partial charge in [0.25, 0.3) is 5.91 Å². The zero-order valence-electron chi connectivity index (χ0n) is 18.4. The summed E-state index contributed by atoms with van der Waals surface area (Å²) in [6.07, 6.45) is 1.21. The molecule has 0 radical (unpaired) electrons. The second-order valence-corrected chi connectivity index (χ2v) is 8.68. The van der Waals surface area contributed by atoms with Gasteiger partial charge in [0, 0.05) is 41.8 Å². The molecule has 1 spiro atoms. The van der Waals surface area contributed by atoms with Crippen LogP contribution in [0.15, 0.2) is 54.6 Å². The van der Waals surface area contributed by atoms with Gasteiger partial charge in [0.2, 0.25) is 11.8 Å². The monoisotopic (exact) mass is 443 g/mol. The number of rotatable bonds is 3. The Labute approximate surface area is 191 Å². The molecular weight excluding hydrogens is 418 g/mol. The molecule has 3 amide bonds. The van der Waals surface area contributed by atoms with Crippen molar-refractivity contribution in [1.29, 1.82) is 0 Å². The molecule has 5 rings (SSSR count). The van der Waals surface area contributed by atoms with Crippen LogP contribution in [0.2, 0.25) is 0 Å². The van der Waals surface area contributed by atoms with E-state index in [0.717, 1.165) is 22.3 Å². The molecule has 0 bridgehead atoms. The largest absolute Gasteiger partial charge is 0.362 e. The number of fused-ring (bicyclic) bond motifs is 2. The molecule has 3 heterocycles. The van der Waals surface area contributed by atoms with Gasteiger partial charge >= 0.3 is 0 Å². The Bertz CT molecular complexity index is 1270. The maximum Gasteiger partial charge on any atom is 0.255 e. The minimum absolute atomic E-state index is 0.0381. The quantitative estimate of drug-likeness (QED) is 0.577. The summed E-state index contributed by atoms with van der Waals surface area (Å²) in [6, 6.07) is 16.8. The third kappa shape index (κ3) is 4.24. The van der Waals surface area contributed by atoms with Crippen LogP contribution in [0.5, 0.6) is 0 Å². The average Bonchev–Trinajstić information content (AvgIpc) is 2.93. The molecule has 3 aromatic rings. The van der Waals surface area contributed by atoms with Crippen molar-refractivity contribution in [2.24, 2.45) is 0 Å². The summed E-state index contributed by atoms with van der Waals surface area (Å²) in [7, 11) is 0. The van der Waals surface area contributed by atoms with Crippen LogP contribution in [-0.4, -0.2) is 46.4 Å². The number of pyridine rings is 1. The van der Waals surface area contributed by atoms with E-state index in [9.17, 15) is 14.4 Å². The Balaban J connectivity index is 1.25. The molecule has 33 heavy (non-hydrogen) atoms. The lowest BCUT2D eigenvalue weighted by Crippen LogP contribution is -2.58. The van der Waals surface area contributed by atoms with E-state index in [-0.39, 0.29) is 30.7 Å². The van der Waals surface area contributed by atoms with Gasteiger partial charge < -0.3 is 20.9 Å². The number of amides is 3. The number of hydrogen-bond donors (Lipinski definition) is 3. The highest BCUT2D eigenvalue weighted by Gasteiger charge is 2.40. The lowest BCUT2D eigenvalue weighted by molar-refractivity contribution is -0.134. The van der Waals surface area contributed by atoms with Crippen LogP contribution in [-0.2, 0) is 9.59 Å². The first-order valence-electron chi connectivity index (χ1n) is 11.1. The number of hydrogen-bond acceptors (Lipinski definition) is 5. The molecule has 1 fully saturated rings. The molecule has 8 nitrogen and oxygen atoms in total. The molecule has 1 atom stereocenters. The molecule has 1 saturated heterocycles. The van der Waals surface area contributed by atoms with E-state index in [2.05, 4.69) is 20.9 Å². The Morgan fingerprint density at radius 1 is 1.09 bits per heavy atom. The van der Waals surface area contributed by atoms with Crippen molar-refractivity contribution in [1.82, 2.24) is 15.2 Å². The summed E-state index contributed by atoms with van der Waals surface area (Å²) >= 11 is 0. The van der Waals surface area contributed by atoms with Gasteiger partial charge in [-0.2, -0.15) is 0 Å². The molecule has 0 aliphatic carbocycles. The summed E-state index contributed by atoms with van der Waals surface area (Å²) in [4.78, 5) is 44.1. The molecule has 8 heteroatoms. The number of likely N-dealkylation sites (tertiary alicyclic amines) is 1. The number of para-hydroxylation sites is 1. The Morgan fingerprint density at radius 3 is 2.82 bits per heavy atom. The zero-order chi connectivity index (χ0) is 23.0. The highest BCUT2D eigenvalue weighted by Crippen LogP contribution is 2.31. The third-order valence-electron chi connectivity index (χ3n) is 6.27. The van der Waals surface area contributed by atoms with Crippen LogP contribution < -0.4 is 16.0 Å². The van der Waals surface area contributed by atoms with Gasteiger partial charge in [-0.3, -0.25) is 19.4 Å². The van der Waals surface area contributed by atoms with Crippen LogP contribution in [0.4, 0.5) is 11.4 Å². The van der Waals surface area contributed by atoms with E-state index >= 15 is 0 Å². The van der Waals surface area contributed by atoms with E-state index in [1.54, 1.807) is 11.0 Å². The van der Waals surface area contributed by atoms with E-state index in [1.807, 2.05) is 55.5 Å². The van der Waals surface area contributed by atoms with E-state index in [1.165, 1.54) is 0 Å². The molecule has 2 aliphatic rings. The van der Waals surface area contributed by atoms with Crippen molar-refractivity contribution in [3.63, 3.8) is 0 Å². The van der Waals surface area contributed by atoms with Crippen LogP contribution in [0, 0.1) is 6.92 Å². The van der Waals surface area contributed by atoms with E-state index in [0.29, 0.717) is 30.6 Å². The van der Waals surface area contributed by atoms with Gasteiger partial charge in [-0.05, 0) is 49.7 Å². The molecule has 0 unspecified atom stereocenters. The first kappa shape index (κ1) is 20.9. The second kappa shape index (κ2) is 8.20. The molecule has 3 N–H and O–H groups in total. The predicted molar refractivity (Wildman–Crippen MR) is 126 cm³/mol. The average molecular weight is 444 g/mol. The minimum atomic E-state index is -0.699. The maximum absolute atomic E-state index is 12.8. The molecule has 0 saturated carbocycles. The third-order valence-corrected chi connectivity index (χ3v) is 6.27. The van der Waals surface area contributed by atoms with Gasteiger partial charge in [0.05, 0.1) is 17.6 Å². The lowest BCUT2D eigenvalue weighted by Gasteiger charge is -2.39. The number of anilines is 2. The molecule has 1 aromatic heterocycles. The summed E-state index contributed by atoms with van der Waals surface area (Å²) in [5.74, 6) is -0.510. The highest BCUT2D eigenvalue weighted by molar-refractivity contribution is 6.02. The molecular formula is C25H25N5O3. The Morgan fingerprint density at radius 2 is 1.94 bits per heavy atom. The number of nitrogens with one attached hydrogen (secondary N) is 3. The molecule has 2 aromatic carbocycles. The lowest BCUT2D eigenvalue weighted by atomic mass is 9.95. The van der Waals surface area contributed by atoms with Crippen molar-refractivity contribution < 1.29 is 14.4 Å². The topological polar surface area (TPSA) is 103 Å². The standard InChI is InChI=1S/C25H25N5O3/c1-16-6-7-17-14-18(8-9-20(17)26-16)27-22(31)15-30-13-12-25(11-10-23(30)32)28-21-5-3-2-4-19(21)24(33)29-25/h2-9,14,28H,10-13,15H2,1H3,(H,27,31)(H,29,33)/t25-/m1/s1.